The average Bonchev–Trinajstić information content (AvgIpc) is 3.33. The second-order valence-corrected chi connectivity index (χ2v) is 6.70. The zero-order valence-electron chi connectivity index (χ0n) is 15.4. The van der Waals surface area contributed by atoms with Gasteiger partial charge >= 0.3 is 5.97 Å². The lowest BCUT2D eigenvalue weighted by molar-refractivity contribution is -0.143. The van der Waals surface area contributed by atoms with Gasteiger partial charge in [-0.1, -0.05) is 10.3 Å². The Morgan fingerprint density at radius 1 is 1.45 bits per heavy atom. The maximum atomic E-state index is 12.8. The average molecular weight is 423 g/mol. The van der Waals surface area contributed by atoms with Crippen LogP contribution >= 0.6 is 11.3 Å². The number of fused-ring (bicyclic) bond motifs is 1. The van der Waals surface area contributed by atoms with Gasteiger partial charge in [0, 0.05) is 24.0 Å². The van der Waals surface area contributed by atoms with Crippen LogP contribution in [-0.2, 0) is 24.1 Å². The molecule has 0 unspecified atom stereocenters. The van der Waals surface area contributed by atoms with Crippen LogP contribution in [-0.4, -0.2) is 83.2 Å². The number of hydrogen-bond donors (Lipinski definition) is 3. The summed E-state index contributed by atoms with van der Waals surface area (Å²) >= 11 is 1.12. The molecule has 3 rings (SSSR count). The minimum atomic E-state index is -1.30. The Bertz CT molecular complexity index is 939. The van der Waals surface area contributed by atoms with Crippen molar-refractivity contribution in [1.29, 1.82) is 0 Å². The molecule has 1 aromatic rings. The number of nitrogens with one attached hydrogen (secondary N) is 1. The van der Waals surface area contributed by atoms with Gasteiger partial charge in [-0.2, -0.15) is 0 Å². The van der Waals surface area contributed by atoms with Gasteiger partial charge in [0.15, 0.2) is 16.5 Å². The molecule has 4 N–H and O–H groups in total. The first kappa shape index (κ1) is 20.2. The highest BCUT2D eigenvalue weighted by molar-refractivity contribution is 7.13. The van der Waals surface area contributed by atoms with Crippen molar-refractivity contribution in [2.45, 2.75) is 6.04 Å². The van der Waals surface area contributed by atoms with E-state index in [0.717, 1.165) is 16.3 Å². The summed E-state index contributed by atoms with van der Waals surface area (Å²) in [6.07, 6.45) is 1.23. The minimum absolute atomic E-state index is 0.0607. The molecule has 29 heavy (non-hydrogen) atoms. The summed E-state index contributed by atoms with van der Waals surface area (Å²) in [4.78, 5) is 50.3. The van der Waals surface area contributed by atoms with Crippen molar-refractivity contribution >= 4 is 46.2 Å². The van der Waals surface area contributed by atoms with Gasteiger partial charge < -0.3 is 25.8 Å². The van der Waals surface area contributed by atoms with E-state index in [9.17, 15) is 19.5 Å². The number of aromatic nitrogens is 1. The first-order chi connectivity index (χ1) is 13.9. The van der Waals surface area contributed by atoms with Crippen LogP contribution in [0.5, 0.6) is 0 Å². The highest BCUT2D eigenvalue weighted by Gasteiger charge is 2.48. The Morgan fingerprint density at radius 3 is 2.79 bits per heavy atom. The van der Waals surface area contributed by atoms with Crippen LogP contribution in [0.2, 0.25) is 0 Å². The fourth-order valence-electron chi connectivity index (χ4n) is 2.92. The number of nitrogens with zero attached hydrogens (tertiary/aromatic N) is 5. The van der Waals surface area contributed by atoms with E-state index < -0.39 is 23.8 Å². The molecule has 2 aliphatic heterocycles. The van der Waals surface area contributed by atoms with Crippen LogP contribution < -0.4 is 11.1 Å². The van der Waals surface area contributed by atoms with Crippen molar-refractivity contribution in [1.82, 2.24) is 20.3 Å². The molecule has 14 heteroatoms. The molecular weight excluding hydrogens is 406 g/mol. The molecule has 3 heterocycles. The van der Waals surface area contributed by atoms with Gasteiger partial charge in [-0.25, -0.2) is 19.8 Å². The molecule has 1 atom stereocenters. The molecule has 0 spiro atoms. The fraction of sp³-hybridized carbons (Fsp3) is 0.333. The number of carbonyl (C=O) groups excluding carboxylic acids is 2. The molecule has 2 aliphatic rings. The monoisotopic (exact) mass is 423 g/mol. The number of carboxylic acid groups (broad SMARTS) is 1. The molecule has 1 fully saturated rings. The molecule has 0 bridgehead atoms. The molecule has 1 aromatic heterocycles. The number of aliphatic carboxylic acids is 1. The number of nitrogens with two attached hydrogens (primary N) is 1. The zero-order chi connectivity index (χ0) is 21.1. The Kier molecular flexibility index (Phi) is 5.74. The number of carboxylic acids is 1. The van der Waals surface area contributed by atoms with E-state index in [2.05, 4.69) is 30.3 Å². The second-order valence-electron chi connectivity index (χ2n) is 5.81. The van der Waals surface area contributed by atoms with Crippen molar-refractivity contribution in [2.75, 3.05) is 33.0 Å². The van der Waals surface area contributed by atoms with E-state index in [1.54, 1.807) is 0 Å². The largest absolute Gasteiger partial charge is 0.477 e. The lowest BCUT2D eigenvalue weighted by atomic mass is 10.2. The summed E-state index contributed by atoms with van der Waals surface area (Å²) in [7, 11) is 2.58. The van der Waals surface area contributed by atoms with Gasteiger partial charge in [0.25, 0.3) is 11.8 Å². The number of thiazole rings is 1. The third kappa shape index (κ3) is 3.88. The molecule has 0 aromatic carbocycles. The summed E-state index contributed by atoms with van der Waals surface area (Å²) < 4.78 is 0. The first-order valence-electron chi connectivity index (χ1n) is 8.12. The number of anilines is 1. The zero-order valence-corrected chi connectivity index (χ0v) is 16.2. The Balaban J connectivity index is 1.79. The summed E-state index contributed by atoms with van der Waals surface area (Å²) in [6, 6.07) is -0.990. The van der Waals surface area contributed by atoms with Crippen LogP contribution in [0.15, 0.2) is 27.0 Å². The quantitative estimate of drug-likeness (QED) is 0.352. The number of carbonyl (C=O) groups is 3. The van der Waals surface area contributed by atoms with Crippen molar-refractivity contribution in [3.05, 3.63) is 22.3 Å². The molecule has 2 amide bonds. The van der Waals surface area contributed by atoms with E-state index in [0.29, 0.717) is 5.57 Å². The van der Waals surface area contributed by atoms with E-state index in [4.69, 9.17) is 5.73 Å². The lowest BCUT2D eigenvalue weighted by Gasteiger charge is -2.19. The molecule has 0 saturated carbocycles. The summed E-state index contributed by atoms with van der Waals surface area (Å²) in [5, 5.41) is 23.5. The van der Waals surface area contributed by atoms with E-state index >= 15 is 0 Å². The Hall–Kier alpha value is -3.52. The molecule has 1 saturated heterocycles. The van der Waals surface area contributed by atoms with Gasteiger partial charge in [0.1, 0.15) is 26.0 Å². The number of rotatable bonds is 7. The van der Waals surface area contributed by atoms with Gasteiger partial charge in [0.2, 0.25) is 0 Å². The topological polar surface area (TPSA) is 172 Å². The third-order valence-electron chi connectivity index (χ3n) is 4.04. The Morgan fingerprint density at radius 2 is 2.21 bits per heavy atom. The lowest BCUT2D eigenvalue weighted by Crippen LogP contribution is -2.46. The summed E-state index contributed by atoms with van der Waals surface area (Å²) in [5.41, 5.74) is 5.68. The van der Waals surface area contributed by atoms with Gasteiger partial charge in [0.05, 0.1) is 6.21 Å². The standard InChI is InChI=1S/C15H17N7O6S/c1-27-17-3-7-4-21-5-8(13(24)22(21)11(7)14(25)26)18-12(23)10(20-28-2)9-6-29-15(16)19-9/h3,6,8H,4-5H2,1-2H3,(H2,16,19)(H,18,23)(H,25,26)/b17-3+,20-10-/t8-/m0/s1. The van der Waals surface area contributed by atoms with Crippen molar-refractivity contribution in [3.63, 3.8) is 0 Å². The Labute approximate surface area is 168 Å². The summed E-state index contributed by atoms with van der Waals surface area (Å²) in [5.74, 6) is -2.61. The van der Waals surface area contributed by atoms with Crippen LogP contribution in [0.25, 0.3) is 0 Å². The first-order valence-corrected chi connectivity index (χ1v) is 9.00. The van der Waals surface area contributed by atoms with Crippen LogP contribution in [0, 0.1) is 0 Å². The minimum Gasteiger partial charge on any atom is -0.477 e. The van der Waals surface area contributed by atoms with Crippen molar-refractivity contribution < 1.29 is 29.2 Å². The third-order valence-corrected chi connectivity index (χ3v) is 4.71. The number of oxime groups is 2. The van der Waals surface area contributed by atoms with Gasteiger partial charge in [-0.15, -0.1) is 11.3 Å². The van der Waals surface area contributed by atoms with Crippen LogP contribution in [0.3, 0.4) is 0 Å². The maximum Gasteiger partial charge on any atom is 0.354 e. The molecule has 0 radical (unpaired) electrons. The maximum absolute atomic E-state index is 12.8. The second kappa shape index (κ2) is 8.24. The predicted molar refractivity (Wildman–Crippen MR) is 101 cm³/mol. The summed E-state index contributed by atoms with van der Waals surface area (Å²) in [6.45, 7) is 0.180. The highest BCUT2D eigenvalue weighted by atomic mass is 32.1. The van der Waals surface area contributed by atoms with Crippen LogP contribution in [0.1, 0.15) is 5.69 Å². The van der Waals surface area contributed by atoms with Gasteiger partial charge in [-0.3, -0.25) is 9.59 Å². The predicted octanol–water partition coefficient (Wildman–Crippen LogP) is -1.40. The SMILES string of the molecule is CO/N=C(\C(=O)N[C@H]1CN2CC(/C=N/OC)=C(C(=O)O)N2C1=O)c1csc(N)n1. The number of amides is 2. The normalized spacial score (nSPS) is 19.8. The molecule has 154 valence electrons. The highest BCUT2D eigenvalue weighted by Crippen LogP contribution is 2.28. The number of hydrogen-bond acceptors (Lipinski definition) is 11. The van der Waals surface area contributed by atoms with Crippen molar-refractivity contribution in [3.8, 4) is 0 Å². The van der Waals surface area contributed by atoms with E-state index in [-0.39, 0.29) is 35.3 Å². The van der Waals surface area contributed by atoms with Crippen LogP contribution in [0.4, 0.5) is 5.13 Å². The molecule has 13 nitrogen and oxygen atoms in total. The number of nitrogen functional groups attached to an aromatic ring is 1. The van der Waals surface area contributed by atoms with Gasteiger partial charge in [-0.05, 0) is 0 Å². The van der Waals surface area contributed by atoms with E-state index in [1.807, 2.05) is 0 Å². The van der Waals surface area contributed by atoms with Crippen molar-refractivity contribution in [2.24, 2.45) is 10.3 Å². The molecular formula is C15H17N7O6S. The fourth-order valence-corrected chi connectivity index (χ4v) is 3.47. The number of hydrazine groups is 1. The smallest absolute Gasteiger partial charge is 0.354 e. The molecule has 0 aliphatic carbocycles. The van der Waals surface area contributed by atoms with E-state index in [1.165, 1.54) is 30.8 Å².